The standard InChI is InChI=1S/C23H26Cl2N2O3/c24-21-6-5-18(12-22(21)25)30-17-7-9-27(10-8-17)14-16(28)13-26-23(29)20-11-15-3-1-2-4-19(15)20/h1-6,12,16-17,20,28H,7-11,13-14H2,(H,26,29)/t16-,20?/m1/s1. The Morgan fingerprint density at radius 3 is 2.67 bits per heavy atom. The summed E-state index contributed by atoms with van der Waals surface area (Å²) in [6.07, 6.45) is 2.06. The molecule has 1 saturated heterocycles. The van der Waals surface area contributed by atoms with Gasteiger partial charge in [0.2, 0.25) is 5.91 Å². The summed E-state index contributed by atoms with van der Waals surface area (Å²) >= 11 is 12.0. The molecule has 0 radical (unpaired) electrons. The highest BCUT2D eigenvalue weighted by molar-refractivity contribution is 6.42. The van der Waals surface area contributed by atoms with Crippen LogP contribution in [0, 0.1) is 0 Å². The number of aliphatic hydroxyl groups excluding tert-OH is 1. The lowest BCUT2D eigenvalue weighted by Crippen LogP contribution is -2.46. The van der Waals surface area contributed by atoms with Crippen LogP contribution in [-0.2, 0) is 11.2 Å². The fourth-order valence-corrected chi connectivity index (χ4v) is 4.44. The summed E-state index contributed by atoms with van der Waals surface area (Å²) in [5.74, 6) is 0.646. The molecule has 2 aliphatic rings. The van der Waals surface area contributed by atoms with Crippen molar-refractivity contribution in [1.29, 1.82) is 0 Å². The van der Waals surface area contributed by atoms with Crippen molar-refractivity contribution in [2.24, 2.45) is 0 Å². The van der Waals surface area contributed by atoms with Gasteiger partial charge in [0.25, 0.3) is 0 Å². The minimum atomic E-state index is -0.586. The topological polar surface area (TPSA) is 61.8 Å². The summed E-state index contributed by atoms with van der Waals surface area (Å²) in [5.41, 5.74) is 2.35. The van der Waals surface area contributed by atoms with E-state index in [4.69, 9.17) is 27.9 Å². The van der Waals surface area contributed by atoms with E-state index in [1.807, 2.05) is 24.3 Å². The molecule has 1 heterocycles. The first-order valence-corrected chi connectivity index (χ1v) is 11.1. The van der Waals surface area contributed by atoms with E-state index in [1.54, 1.807) is 12.1 Å². The van der Waals surface area contributed by atoms with Gasteiger partial charge in [-0.3, -0.25) is 4.79 Å². The number of piperidine rings is 1. The van der Waals surface area contributed by atoms with Crippen molar-refractivity contribution in [2.75, 3.05) is 26.2 Å². The fraction of sp³-hybridized carbons (Fsp3) is 0.435. The van der Waals surface area contributed by atoms with Crippen LogP contribution in [-0.4, -0.2) is 54.3 Å². The lowest BCUT2D eigenvalue weighted by atomic mass is 9.77. The maximum atomic E-state index is 12.4. The Hall–Kier alpha value is -1.79. The number of aliphatic hydroxyl groups is 1. The molecule has 0 spiro atoms. The molecule has 4 rings (SSSR count). The number of nitrogens with one attached hydrogen (secondary N) is 1. The minimum Gasteiger partial charge on any atom is -0.490 e. The third kappa shape index (κ3) is 5.09. The highest BCUT2D eigenvalue weighted by atomic mass is 35.5. The Morgan fingerprint density at radius 1 is 1.17 bits per heavy atom. The quantitative estimate of drug-likeness (QED) is 0.678. The van der Waals surface area contributed by atoms with Crippen LogP contribution in [0.15, 0.2) is 42.5 Å². The zero-order chi connectivity index (χ0) is 21.1. The van der Waals surface area contributed by atoms with Crippen molar-refractivity contribution in [3.63, 3.8) is 0 Å². The van der Waals surface area contributed by atoms with Crippen LogP contribution >= 0.6 is 23.2 Å². The van der Waals surface area contributed by atoms with Gasteiger partial charge in [-0.1, -0.05) is 47.5 Å². The van der Waals surface area contributed by atoms with Gasteiger partial charge in [-0.15, -0.1) is 0 Å². The van der Waals surface area contributed by atoms with Crippen LogP contribution in [0.1, 0.15) is 29.9 Å². The molecule has 1 amide bonds. The van der Waals surface area contributed by atoms with Crippen LogP contribution in [0.25, 0.3) is 0 Å². The number of fused-ring (bicyclic) bond motifs is 1. The summed E-state index contributed by atoms with van der Waals surface area (Å²) < 4.78 is 6.01. The second-order valence-electron chi connectivity index (χ2n) is 8.05. The number of rotatable bonds is 7. The monoisotopic (exact) mass is 448 g/mol. The number of hydrogen-bond donors (Lipinski definition) is 2. The number of likely N-dealkylation sites (tertiary alicyclic amines) is 1. The summed E-state index contributed by atoms with van der Waals surface area (Å²) in [6, 6.07) is 13.3. The molecule has 2 atom stereocenters. The lowest BCUT2D eigenvalue weighted by molar-refractivity contribution is -0.123. The molecule has 0 bridgehead atoms. The Labute approximate surface area is 186 Å². The van der Waals surface area contributed by atoms with Crippen LogP contribution in [0.5, 0.6) is 5.75 Å². The summed E-state index contributed by atoms with van der Waals surface area (Å²) in [4.78, 5) is 14.6. The number of β-amino-alcohol motifs (C(OH)–C–C–N with tert-alkyl or cyclic N) is 1. The van der Waals surface area contributed by atoms with E-state index in [-0.39, 0.29) is 24.5 Å². The van der Waals surface area contributed by atoms with Gasteiger partial charge >= 0.3 is 0 Å². The Morgan fingerprint density at radius 2 is 1.93 bits per heavy atom. The first kappa shape index (κ1) is 21.4. The number of nitrogens with zero attached hydrogens (tertiary/aromatic N) is 1. The van der Waals surface area contributed by atoms with Crippen molar-refractivity contribution in [3.05, 3.63) is 63.6 Å². The van der Waals surface area contributed by atoms with E-state index in [9.17, 15) is 9.90 Å². The van der Waals surface area contributed by atoms with E-state index in [0.29, 0.717) is 16.6 Å². The molecule has 2 N–H and O–H groups in total. The molecule has 2 aromatic carbocycles. The predicted molar refractivity (Wildman–Crippen MR) is 118 cm³/mol. The van der Waals surface area contributed by atoms with Gasteiger partial charge in [0.15, 0.2) is 0 Å². The molecular formula is C23H26Cl2N2O3. The van der Waals surface area contributed by atoms with Crippen molar-refractivity contribution >= 4 is 29.1 Å². The largest absolute Gasteiger partial charge is 0.490 e. The van der Waals surface area contributed by atoms with Crippen molar-refractivity contribution in [3.8, 4) is 5.75 Å². The van der Waals surface area contributed by atoms with Crippen LogP contribution in [0.2, 0.25) is 10.0 Å². The molecule has 0 aromatic heterocycles. The van der Waals surface area contributed by atoms with Gasteiger partial charge < -0.3 is 20.1 Å². The average Bonchev–Trinajstić information content (AvgIpc) is 2.72. The maximum absolute atomic E-state index is 12.4. The molecule has 0 saturated carbocycles. The first-order valence-electron chi connectivity index (χ1n) is 10.4. The summed E-state index contributed by atoms with van der Waals surface area (Å²) in [7, 11) is 0. The van der Waals surface area contributed by atoms with Crippen molar-refractivity contribution < 1.29 is 14.6 Å². The Balaban J connectivity index is 1.16. The Kier molecular flexibility index (Phi) is 6.84. The maximum Gasteiger partial charge on any atom is 0.227 e. The normalized spacial score (nSPS) is 20.2. The smallest absolute Gasteiger partial charge is 0.227 e. The van der Waals surface area contributed by atoms with E-state index in [2.05, 4.69) is 16.3 Å². The van der Waals surface area contributed by atoms with Crippen molar-refractivity contribution in [1.82, 2.24) is 10.2 Å². The second-order valence-corrected chi connectivity index (χ2v) is 8.86. The van der Waals surface area contributed by atoms with Crippen LogP contribution in [0.4, 0.5) is 0 Å². The number of carbonyl (C=O) groups excluding carboxylic acids is 1. The van der Waals surface area contributed by atoms with Gasteiger partial charge in [0.1, 0.15) is 11.9 Å². The molecule has 1 fully saturated rings. The number of halogens is 2. The highest BCUT2D eigenvalue weighted by Crippen LogP contribution is 2.34. The summed E-state index contributed by atoms with van der Waals surface area (Å²) in [5, 5.41) is 14.3. The first-order chi connectivity index (χ1) is 14.5. The van der Waals surface area contributed by atoms with E-state index < -0.39 is 6.10 Å². The third-order valence-electron chi connectivity index (χ3n) is 5.88. The molecular weight excluding hydrogens is 423 g/mol. The van der Waals surface area contributed by atoms with Gasteiger partial charge in [-0.2, -0.15) is 0 Å². The van der Waals surface area contributed by atoms with Crippen molar-refractivity contribution in [2.45, 2.75) is 37.4 Å². The van der Waals surface area contributed by atoms with Crippen LogP contribution in [0.3, 0.4) is 0 Å². The summed E-state index contributed by atoms with van der Waals surface area (Å²) in [6.45, 7) is 2.50. The molecule has 2 aromatic rings. The molecule has 160 valence electrons. The predicted octanol–water partition coefficient (Wildman–Crippen LogP) is 3.65. The minimum absolute atomic E-state index is 0.00137. The fourth-order valence-electron chi connectivity index (χ4n) is 4.15. The second kappa shape index (κ2) is 9.56. The number of benzene rings is 2. The number of ether oxygens (including phenoxy) is 1. The number of carbonyl (C=O) groups is 1. The lowest BCUT2D eigenvalue weighted by Gasteiger charge is -2.33. The van der Waals surface area contributed by atoms with E-state index in [0.717, 1.165) is 43.7 Å². The highest BCUT2D eigenvalue weighted by Gasteiger charge is 2.32. The SMILES string of the molecule is O=C(NC[C@@H](O)CN1CCC(Oc2ccc(Cl)c(Cl)c2)CC1)C1Cc2ccccc21. The molecule has 7 heteroatoms. The molecule has 5 nitrogen and oxygen atoms in total. The van der Waals surface area contributed by atoms with Gasteiger partial charge in [-0.25, -0.2) is 0 Å². The molecule has 1 aliphatic carbocycles. The Bertz CT molecular complexity index is 900. The molecule has 30 heavy (non-hydrogen) atoms. The van der Waals surface area contributed by atoms with Gasteiger partial charge in [0.05, 0.1) is 22.1 Å². The third-order valence-corrected chi connectivity index (χ3v) is 6.62. The van der Waals surface area contributed by atoms with E-state index in [1.165, 1.54) is 5.56 Å². The molecule has 1 aliphatic heterocycles. The average molecular weight is 449 g/mol. The zero-order valence-corrected chi connectivity index (χ0v) is 18.2. The van der Waals surface area contributed by atoms with E-state index >= 15 is 0 Å². The van der Waals surface area contributed by atoms with Gasteiger partial charge in [-0.05, 0) is 42.5 Å². The number of hydrogen-bond acceptors (Lipinski definition) is 4. The van der Waals surface area contributed by atoms with Gasteiger partial charge in [0, 0.05) is 32.2 Å². The molecule has 1 unspecified atom stereocenters. The van der Waals surface area contributed by atoms with Crippen LogP contribution < -0.4 is 10.1 Å². The zero-order valence-electron chi connectivity index (χ0n) is 16.7. The number of amides is 1.